The number of hydrogen-bond donors (Lipinski definition) is 2. The number of carbonyl (C=O) groups is 3. The van der Waals surface area contributed by atoms with Gasteiger partial charge < -0.3 is 14.9 Å². The lowest BCUT2D eigenvalue weighted by molar-refractivity contribution is -0.198. The number of carbonyl (C=O) groups excluding carboxylic acids is 3. The number of allylic oxidation sites excluding steroid dienone is 4. The van der Waals surface area contributed by atoms with Crippen molar-refractivity contribution >= 4 is 29.1 Å². The molecule has 0 unspecified atom stereocenters. The summed E-state index contributed by atoms with van der Waals surface area (Å²) >= 11 is 7.43. The fraction of sp³-hybridized carbons (Fsp3) is 0.720. The fourth-order valence-electron chi connectivity index (χ4n) is 7.66. The molecule has 6 nitrogen and oxygen atoms in total. The second-order valence-electron chi connectivity index (χ2n) is 10.6. The van der Waals surface area contributed by atoms with Crippen LogP contribution in [0.1, 0.15) is 59.8 Å². The third kappa shape index (κ3) is 2.75. The standard InChI is InChI=1S/C25H33ClO6/c1-5-21(31)32-24(20(30)13-27)9-7-16-18-10-14(2)17-11-15(28)6-8-22(17,3)25(18,26)19(29)12-23(16,24)4/h6,8,11,14,16,18-19,27,29H,5,7,9-10,12-13H2,1-4H3/t14-,16-,18-,19-,22-,23-,24-,25-/m0/s1. The average molecular weight is 465 g/mol. The van der Waals surface area contributed by atoms with Crippen molar-refractivity contribution in [3.63, 3.8) is 0 Å². The molecule has 4 rings (SSSR count). The van der Waals surface area contributed by atoms with Gasteiger partial charge in [0.05, 0.1) is 11.0 Å². The average Bonchev–Trinajstić information content (AvgIpc) is 3.03. The van der Waals surface area contributed by atoms with E-state index < -0.39 is 45.8 Å². The molecule has 0 heterocycles. The lowest BCUT2D eigenvalue weighted by Gasteiger charge is -2.65. The van der Waals surface area contributed by atoms with Gasteiger partial charge in [0.15, 0.2) is 11.4 Å². The highest BCUT2D eigenvalue weighted by Crippen LogP contribution is 2.71. The van der Waals surface area contributed by atoms with E-state index in [9.17, 15) is 24.6 Å². The van der Waals surface area contributed by atoms with Gasteiger partial charge in [-0.05, 0) is 55.6 Å². The molecule has 4 aliphatic rings. The van der Waals surface area contributed by atoms with Crippen LogP contribution in [0.2, 0.25) is 0 Å². The molecular weight excluding hydrogens is 432 g/mol. The fourth-order valence-corrected chi connectivity index (χ4v) is 8.16. The van der Waals surface area contributed by atoms with Crippen molar-refractivity contribution in [1.82, 2.24) is 0 Å². The molecule has 176 valence electrons. The van der Waals surface area contributed by atoms with Gasteiger partial charge in [-0.3, -0.25) is 14.4 Å². The zero-order valence-corrected chi connectivity index (χ0v) is 19.9. The van der Waals surface area contributed by atoms with Crippen molar-refractivity contribution in [3.8, 4) is 0 Å². The Kier molecular flexibility index (Phi) is 5.55. The van der Waals surface area contributed by atoms with E-state index >= 15 is 0 Å². The van der Waals surface area contributed by atoms with Gasteiger partial charge in [0.1, 0.15) is 6.61 Å². The molecule has 0 amide bonds. The minimum absolute atomic E-state index is 0.0712. The van der Waals surface area contributed by atoms with Gasteiger partial charge in [0.25, 0.3) is 0 Å². The van der Waals surface area contributed by atoms with E-state index in [1.165, 1.54) is 6.08 Å². The Morgan fingerprint density at radius 2 is 1.97 bits per heavy atom. The largest absolute Gasteiger partial charge is 0.450 e. The molecule has 0 spiro atoms. The van der Waals surface area contributed by atoms with Gasteiger partial charge >= 0.3 is 5.97 Å². The van der Waals surface area contributed by atoms with Crippen LogP contribution in [0.25, 0.3) is 0 Å². The van der Waals surface area contributed by atoms with Crippen LogP contribution < -0.4 is 0 Å². The number of fused-ring (bicyclic) bond motifs is 5. The summed E-state index contributed by atoms with van der Waals surface area (Å²) in [4.78, 5) is 36.5. The van der Waals surface area contributed by atoms with E-state index in [1.807, 2.05) is 19.9 Å². The summed E-state index contributed by atoms with van der Waals surface area (Å²) < 4.78 is 5.83. The third-order valence-corrected chi connectivity index (χ3v) is 10.2. The number of halogens is 1. The lowest BCUT2D eigenvalue weighted by Crippen LogP contribution is -2.69. The van der Waals surface area contributed by atoms with Crippen molar-refractivity contribution in [2.75, 3.05) is 6.61 Å². The number of esters is 1. The first-order valence-corrected chi connectivity index (χ1v) is 12.0. The summed E-state index contributed by atoms with van der Waals surface area (Å²) in [5.41, 5.74) is -2.10. The number of alkyl halides is 1. The first-order chi connectivity index (χ1) is 14.9. The van der Waals surface area contributed by atoms with E-state index in [2.05, 4.69) is 6.92 Å². The minimum atomic E-state index is -1.47. The van der Waals surface area contributed by atoms with Crippen LogP contribution in [0.4, 0.5) is 0 Å². The molecule has 0 saturated heterocycles. The van der Waals surface area contributed by atoms with Crippen LogP contribution in [-0.2, 0) is 19.1 Å². The Morgan fingerprint density at radius 3 is 2.59 bits per heavy atom. The van der Waals surface area contributed by atoms with E-state index in [1.54, 1.807) is 13.0 Å². The monoisotopic (exact) mass is 464 g/mol. The number of rotatable bonds is 4. The Hall–Kier alpha value is -1.50. The molecule has 0 aromatic rings. The van der Waals surface area contributed by atoms with Crippen LogP contribution in [-0.4, -0.2) is 50.9 Å². The van der Waals surface area contributed by atoms with Gasteiger partial charge in [-0.15, -0.1) is 11.6 Å². The molecule has 3 fully saturated rings. The molecule has 8 atom stereocenters. The molecule has 4 aliphatic carbocycles. The maximum absolute atomic E-state index is 13.1. The number of hydrogen-bond acceptors (Lipinski definition) is 6. The molecule has 2 N–H and O–H groups in total. The summed E-state index contributed by atoms with van der Waals surface area (Å²) in [6.45, 7) is 6.91. The van der Waals surface area contributed by atoms with Crippen molar-refractivity contribution in [2.24, 2.45) is 28.6 Å². The number of ether oxygens (including phenoxy) is 1. The SMILES string of the molecule is CCC(=O)O[C@]1(C(=O)CO)CC[C@H]2[C@@H]3C[C@H](C)C4=CC(=O)C=C[C@]4(C)[C@@]3(Cl)[C@@H](O)C[C@@]21C. The van der Waals surface area contributed by atoms with Gasteiger partial charge in [0.2, 0.25) is 5.78 Å². The summed E-state index contributed by atoms with van der Waals surface area (Å²) in [7, 11) is 0. The first kappa shape index (κ1) is 23.7. The predicted octanol–water partition coefficient (Wildman–Crippen LogP) is 3.13. The Bertz CT molecular complexity index is 925. The quantitative estimate of drug-likeness (QED) is 0.489. The van der Waals surface area contributed by atoms with Gasteiger partial charge in [-0.25, -0.2) is 0 Å². The third-order valence-electron chi connectivity index (χ3n) is 9.26. The first-order valence-electron chi connectivity index (χ1n) is 11.6. The lowest BCUT2D eigenvalue weighted by atomic mass is 9.44. The molecule has 7 heteroatoms. The highest BCUT2D eigenvalue weighted by atomic mass is 35.5. The normalized spacial score (nSPS) is 47.2. The van der Waals surface area contributed by atoms with E-state index in [0.29, 0.717) is 19.3 Å². The highest BCUT2D eigenvalue weighted by molar-refractivity contribution is 6.26. The molecule has 0 radical (unpaired) electrons. The van der Waals surface area contributed by atoms with Crippen molar-refractivity contribution < 1.29 is 29.3 Å². The summed E-state index contributed by atoms with van der Waals surface area (Å²) in [5, 5.41) is 21.4. The highest BCUT2D eigenvalue weighted by Gasteiger charge is 2.74. The molecule has 0 aliphatic heterocycles. The van der Waals surface area contributed by atoms with Crippen LogP contribution >= 0.6 is 11.6 Å². The van der Waals surface area contributed by atoms with E-state index in [-0.39, 0.29) is 36.4 Å². The van der Waals surface area contributed by atoms with Gasteiger partial charge in [0, 0.05) is 17.3 Å². The molecule has 32 heavy (non-hydrogen) atoms. The number of Topliss-reactive ketones (excluding diaryl/α,β-unsaturated/α-hetero) is 1. The zero-order chi connectivity index (χ0) is 23.7. The van der Waals surface area contributed by atoms with Gasteiger partial charge in [-0.1, -0.05) is 39.3 Å². The topological polar surface area (TPSA) is 101 Å². The number of aliphatic hydroxyl groups excluding tert-OH is 2. The Morgan fingerprint density at radius 1 is 1.28 bits per heavy atom. The van der Waals surface area contributed by atoms with Crippen molar-refractivity contribution in [1.29, 1.82) is 0 Å². The molecule has 0 aromatic carbocycles. The number of ketones is 2. The molecule has 0 aromatic heterocycles. The van der Waals surface area contributed by atoms with E-state index in [0.717, 1.165) is 5.57 Å². The van der Waals surface area contributed by atoms with Gasteiger partial charge in [-0.2, -0.15) is 0 Å². The Balaban J connectivity index is 1.84. The summed E-state index contributed by atoms with van der Waals surface area (Å²) in [6, 6.07) is 0. The molecular formula is C25H33ClO6. The summed E-state index contributed by atoms with van der Waals surface area (Å²) in [6.07, 6.45) is 5.88. The van der Waals surface area contributed by atoms with Crippen LogP contribution in [0.3, 0.4) is 0 Å². The predicted molar refractivity (Wildman–Crippen MR) is 119 cm³/mol. The maximum atomic E-state index is 13.1. The van der Waals surface area contributed by atoms with Crippen LogP contribution in [0.15, 0.2) is 23.8 Å². The van der Waals surface area contributed by atoms with E-state index in [4.69, 9.17) is 16.3 Å². The molecule has 0 bridgehead atoms. The van der Waals surface area contributed by atoms with Crippen LogP contribution in [0, 0.1) is 28.6 Å². The second kappa shape index (κ2) is 7.51. The number of aliphatic hydroxyl groups is 2. The zero-order valence-electron chi connectivity index (χ0n) is 19.2. The van der Waals surface area contributed by atoms with Crippen molar-refractivity contribution in [3.05, 3.63) is 23.8 Å². The summed E-state index contributed by atoms with van der Waals surface area (Å²) in [5.74, 6) is -1.26. The smallest absolute Gasteiger partial charge is 0.306 e. The van der Waals surface area contributed by atoms with Crippen molar-refractivity contribution in [2.45, 2.75) is 76.4 Å². The Labute approximate surface area is 194 Å². The van der Waals surface area contributed by atoms with Crippen LogP contribution in [0.5, 0.6) is 0 Å². The maximum Gasteiger partial charge on any atom is 0.306 e. The second-order valence-corrected chi connectivity index (χ2v) is 11.2. The molecule has 3 saturated carbocycles. The minimum Gasteiger partial charge on any atom is -0.450 e.